The fourth-order valence-corrected chi connectivity index (χ4v) is 2.92. The molecule has 1 N–H and O–H groups in total. The number of Topliss-reactive ketones (excluding diaryl/α,β-unsaturated/α-hetero) is 1. The van der Waals surface area contributed by atoms with Gasteiger partial charge in [0.1, 0.15) is 22.4 Å². The van der Waals surface area contributed by atoms with Crippen molar-refractivity contribution in [2.45, 2.75) is 25.1 Å². The van der Waals surface area contributed by atoms with Crippen molar-refractivity contribution in [2.24, 2.45) is 0 Å². The van der Waals surface area contributed by atoms with Gasteiger partial charge in [0, 0.05) is 36.7 Å². The third-order valence-electron chi connectivity index (χ3n) is 4.11. The van der Waals surface area contributed by atoms with Gasteiger partial charge in [0.2, 0.25) is 5.67 Å². The minimum absolute atomic E-state index is 0.0811. The standard InChI is InChI=1S/C17H12ClF3N2O2/c18-13-11(19)4-3-9(14(13)20)8-23-16(25)17(21)6-5-12(24)15-10(17)2-1-7-22-15/h1-4,7H,5-6,8H2,(H,23,25)/t17-/m0/s1. The highest BCUT2D eigenvalue weighted by Gasteiger charge is 2.46. The Labute approximate surface area is 146 Å². The largest absolute Gasteiger partial charge is 0.349 e. The van der Waals surface area contributed by atoms with Crippen LogP contribution in [0, 0.1) is 11.6 Å². The zero-order valence-corrected chi connectivity index (χ0v) is 13.5. The topological polar surface area (TPSA) is 59.1 Å². The van der Waals surface area contributed by atoms with Crippen molar-refractivity contribution < 1.29 is 22.8 Å². The normalized spacial score (nSPS) is 19.4. The molecule has 0 unspecified atom stereocenters. The molecule has 0 radical (unpaired) electrons. The summed E-state index contributed by atoms with van der Waals surface area (Å²) in [6, 6.07) is 4.82. The first-order valence-corrected chi connectivity index (χ1v) is 7.80. The molecular formula is C17H12ClF3N2O2. The van der Waals surface area contributed by atoms with E-state index in [-0.39, 0.29) is 42.0 Å². The minimum atomic E-state index is -2.45. The van der Waals surface area contributed by atoms with Crippen molar-refractivity contribution in [1.29, 1.82) is 0 Å². The molecule has 130 valence electrons. The van der Waals surface area contributed by atoms with Crippen LogP contribution in [0.15, 0.2) is 30.5 Å². The molecular weight excluding hydrogens is 357 g/mol. The van der Waals surface area contributed by atoms with Crippen molar-refractivity contribution >= 4 is 23.3 Å². The van der Waals surface area contributed by atoms with Gasteiger partial charge in [-0.1, -0.05) is 23.7 Å². The predicted octanol–water partition coefficient (Wildman–Crippen LogP) is 3.47. The monoisotopic (exact) mass is 368 g/mol. The molecule has 1 amide bonds. The maximum absolute atomic E-state index is 15.3. The van der Waals surface area contributed by atoms with Crippen molar-refractivity contribution in [3.8, 4) is 0 Å². The molecule has 1 aromatic carbocycles. The second kappa shape index (κ2) is 6.48. The molecule has 1 aromatic heterocycles. The number of rotatable bonds is 3. The SMILES string of the molecule is O=C1CC[C@@](F)(C(=O)NCc2ccc(F)c(Cl)c2F)c2cccnc21. The molecule has 0 saturated heterocycles. The van der Waals surface area contributed by atoms with Crippen LogP contribution in [0.4, 0.5) is 13.2 Å². The van der Waals surface area contributed by atoms with Gasteiger partial charge in [0.25, 0.3) is 5.91 Å². The average Bonchev–Trinajstić information content (AvgIpc) is 2.62. The summed E-state index contributed by atoms with van der Waals surface area (Å²) in [7, 11) is 0. The number of aromatic nitrogens is 1. The fourth-order valence-electron chi connectivity index (χ4n) is 2.74. The quantitative estimate of drug-likeness (QED) is 0.844. The number of hydrogen-bond donors (Lipinski definition) is 1. The summed E-state index contributed by atoms with van der Waals surface area (Å²) in [6.45, 7) is -0.375. The Hall–Kier alpha value is -2.41. The van der Waals surface area contributed by atoms with Gasteiger partial charge < -0.3 is 5.32 Å². The number of nitrogens with zero attached hydrogens (tertiary/aromatic N) is 1. The number of alkyl halides is 1. The summed E-state index contributed by atoms with van der Waals surface area (Å²) in [5.74, 6) is -3.31. The third kappa shape index (κ3) is 3.00. The molecule has 4 nitrogen and oxygen atoms in total. The third-order valence-corrected chi connectivity index (χ3v) is 4.46. The molecule has 0 spiro atoms. The molecule has 0 aliphatic heterocycles. The lowest BCUT2D eigenvalue weighted by atomic mass is 9.81. The molecule has 1 aliphatic carbocycles. The van der Waals surface area contributed by atoms with Gasteiger partial charge in [-0.3, -0.25) is 14.6 Å². The number of fused-ring (bicyclic) bond motifs is 1. The number of carbonyl (C=O) groups excluding carboxylic acids is 2. The highest BCUT2D eigenvalue weighted by atomic mass is 35.5. The van der Waals surface area contributed by atoms with Crippen LogP contribution in [0.25, 0.3) is 0 Å². The van der Waals surface area contributed by atoms with E-state index < -0.39 is 28.2 Å². The summed E-state index contributed by atoms with van der Waals surface area (Å²) in [5.41, 5.74) is -2.72. The van der Waals surface area contributed by atoms with Crippen molar-refractivity contribution in [3.05, 3.63) is 63.9 Å². The summed E-state index contributed by atoms with van der Waals surface area (Å²) >= 11 is 5.47. The second-order valence-electron chi connectivity index (χ2n) is 5.64. The molecule has 8 heteroatoms. The molecule has 0 saturated carbocycles. The molecule has 1 aliphatic rings. The van der Waals surface area contributed by atoms with Gasteiger partial charge in [-0.05, 0) is 12.1 Å². The first-order chi connectivity index (χ1) is 11.8. The number of pyridine rings is 1. The van der Waals surface area contributed by atoms with Crippen LogP contribution in [-0.2, 0) is 17.0 Å². The molecule has 1 atom stereocenters. The Bertz CT molecular complexity index is 875. The molecule has 3 rings (SSSR count). The van der Waals surface area contributed by atoms with E-state index >= 15 is 4.39 Å². The van der Waals surface area contributed by atoms with E-state index in [1.54, 1.807) is 0 Å². The van der Waals surface area contributed by atoms with Gasteiger partial charge in [0.15, 0.2) is 5.78 Å². The number of nitrogens with one attached hydrogen (secondary N) is 1. The number of ketones is 1. The lowest BCUT2D eigenvalue weighted by molar-refractivity contribution is -0.134. The van der Waals surface area contributed by atoms with Gasteiger partial charge in [-0.25, -0.2) is 13.2 Å². The van der Waals surface area contributed by atoms with E-state index in [9.17, 15) is 18.4 Å². The van der Waals surface area contributed by atoms with Gasteiger partial charge in [-0.15, -0.1) is 0 Å². The molecule has 25 heavy (non-hydrogen) atoms. The van der Waals surface area contributed by atoms with E-state index in [1.165, 1.54) is 18.3 Å². The highest BCUT2D eigenvalue weighted by Crippen LogP contribution is 2.38. The highest BCUT2D eigenvalue weighted by molar-refractivity contribution is 6.30. The fraction of sp³-hybridized carbons (Fsp3) is 0.235. The molecule has 0 fully saturated rings. The van der Waals surface area contributed by atoms with Gasteiger partial charge in [0.05, 0.1) is 0 Å². The maximum atomic E-state index is 15.3. The summed E-state index contributed by atoms with van der Waals surface area (Å²) in [6.07, 6.45) is 0.851. The Morgan fingerprint density at radius 1 is 1.32 bits per heavy atom. The lowest BCUT2D eigenvalue weighted by Gasteiger charge is -2.29. The zero-order chi connectivity index (χ0) is 18.2. The van der Waals surface area contributed by atoms with Crippen LogP contribution in [0.1, 0.15) is 34.5 Å². The number of hydrogen-bond acceptors (Lipinski definition) is 3. The Kier molecular flexibility index (Phi) is 4.51. The van der Waals surface area contributed by atoms with Gasteiger partial charge in [-0.2, -0.15) is 0 Å². The van der Waals surface area contributed by atoms with E-state index in [4.69, 9.17) is 11.6 Å². The van der Waals surface area contributed by atoms with Gasteiger partial charge >= 0.3 is 0 Å². The summed E-state index contributed by atoms with van der Waals surface area (Å²) in [5, 5.41) is 1.58. The number of benzene rings is 1. The van der Waals surface area contributed by atoms with E-state index in [1.807, 2.05) is 0 Å². The molecule has 0 bridgehead atoms. The van der Waals surface area contributed by atoms with E-state index in [0.717, 1.165) is 12.1 Å². The smallest absolute Gasteiger partial charge is 0.262 e. The van der Waals surface area contributed by atoms with Crippen LogP contribution in [0.3, 0.4) is 0 Å². The van der Waals surface area contributed by atoms with Crippen molar-refractivity contribution in [1.82, 2.24) is 10.3 Å². The predicted molar refractivity (Wildman–Crippen MR) is 83.8 cm³/mol. The van der Waals surface area contributed by atoms with Crippen LogP contribution in [0.2, 0.25) is 5.02 Å². The van der Waals surface area contributed by atoms with Crippen molar-refractivity contribution in [3.63, 3.8) is 0 Å². The van der Waals surface area contributed by atoms with Crippen LogP contribution >= 0.6 is 11.6 Å². The second-order valence-corrected chi connectivity index (χ2v) is 6.02. The summed E-state index contributed by atoms with van der Waals surface area (Å²) in [4.78, 5) is 28.0. The number of amides is 1. The minimum Gasteiger partial charge on any atom is -0.349 e. The number of halogens is 4. The Balaban J connectivity index is 1.84. The van der Waals surface area contributed by atoms with E-state index in [2.05, 4.69) is 10.3 Å². The van der Waals surface area contributed by atoms with Crippen LogP contribution in [-0.4, -0.2) is 16.7 Å². The van der Waals surface area contributed by atoms with Crippen LogP contribution < -0.4 is 5.32 Å². The average molecular weight is 369 g/mol. The van der Waals surface area contributed by atoms with Crippen LogP contribution in [0.5, 0.6) is 0 Å². The number of carbonyl (C=O) groups is 2. The lowest BCUT2D eigenvalue weighted by Crippen LogP contribution is -2.44. The molecule has 2 aromatic rings. The van der Waals surface area contributed by atoms with E-state index in [0.29, 0.717) is 0 Å². The molecule has 1 heterocycles. The first-order valence-electron chi connectivity index (χ1n) is 7.43. The zero-order valence-electron chi connectivity index (χ0n) is 12.8. The first kappa shape index (κ1) is 17.4. The Morgan fingerprint density at radius 3 is 2.84 bits per heavy atom. The summed E-state index contributed by atoms with van der Waals surface area (Å²) < 4.78 is 42.3. The van der Waals surface area contributed by atoms with Crippen molar-refractivity contribution in [2.75, 3.05) is 0 Å². The Morgan fingerprint density at radius 2 is 2.08 bits per heavy atom. The maximum Gasteiger partial charge on any atom is 0.262 e.